The first-order chi connectivity index (χ1) is 7.44. The van der Waals surface area contributed by atoms with Crippen LogP contribution in [-0.2, 0) is 9.84 Å². The number of hydrogen-bond donors (Lipinski definition) is 2. The van der Waals surface area contributed by atoms with E-state index in [1.807, 2.05) is 6.92 Å². The van der Waals surface area contributed by atoms with Crippen molar-refractivity contribution in [3.8, 4) is 0 Å². The summed E-state index contributed by atoms with van der Waals surface area (Å²) in [4.78, 5) is 8.00. The molecule has 0 unspecified atom stereocenters. The number of thioether (sulfide) groups is 1. The number of anilines is 1. The minimum Gasteiger partial charge on any atom is -0.308 e. The van der Waals surface area contributed by atoms with Crippen LogP contribution in [0, 0.1) is 6.92 Å². The Hall–Kier alpha value is -0.860. The highest BCUT2D eigenvalue weighted by molar-refractivity contribution is 8.00. The lowest BCUT2D eigenvalue weighted by atomic mass is 10.3. The Morgan fingerprint density at radius 3 is 2.75 bits per heavy atom. The maximum atomic E-state index is 11.0. The van der Waals surface area contributed by atoms with Crippen LogP contribution in [0.15, 0.2) is 11.4 Å². The van der Waals surface area contributed by atoms with Gasteiger partial charge in [-0.2, -0.15) is 0 Å². The maximum Gasteiger partial charge on any atom is 0.148 e. The lowest BCUT2D eigenvalue weighted by Gasteiger charge is -2.07. The number of nitrogens with two attached hydrogens (primary N) is 1. The molecule has 0 aliphatic carbocycles. The van der Waals surface area contributed by atoms with Crippen LogP contribution in [0.1, 0.15) is 5.56 Å². The Bertz CT molecular complexity index is 461. The smallest absolute Gasteiger partial charge is 0.148 e. The zero-order chi connectivity index (χ0) is 12.2. The molecule has 1 aromatic rings. The van der Waals surface area contributed by atoms with Gasteiger partial charge in [-0.3, -0.25) is 0 Å². The summed E-state index contributed by atoms with van der Waals surface area (Å²) >= 11 is 1.38. The largest absolute Gasteiger partial charge is 0.308 e. The fourth-order valence-electron chi connectivity index (χ4n) is 1.01. The first kappa shape index (κ1) is 13.2. The predicted molar refractivity (Wildman–Crippen MR) is 65.0 cm³/mol. The van der Waals surface area contributed by atoms with Crippen molar-refractivity contribution in [3.63, 3.8) is 0 Å². The highest BCUT2D eigenvalue weighted by Crippen LogP contribution is 2.23. The van der Waals surface area contributed by atoms with Gasteiger partial charge in [-0.25, -0.2) is 24.2 Å². The van der Waals surface area contributed by atoms with Crippen LogP contribution < -0.4 is 11.3 Å². The molecule has 90 valence electrons. The summed E-state index contributed by atoms with van der Waals surface area (Å²) in [5, 5.41) is 0.742. The number of hydrazine groups is 1. The lowest BCUT2D eigenvalue weighted by molar-refractivity contribution is 0.603. The van der Waals surface area contributed by atoms with E-state index >= 15 is 0 Å². The van der Waals surface area contributed by atoms with Crippen LogP contribution in [0.25, 0.3) is 0 Å². The molecule has 0 atom stereocenters. The van der Waals surface area contributed by atoms with E-state index in [-0.39, 0.29) is 5.75 Å². The van der Waals surface area contributed by atoms with Crippen LogP contribution >= 0.6 is 11.8 Å². The molecule has 0 amide bonds. The molecule has 0 saturated carbocycles. The van der Waals surface area contributed by atoms with Crippen LogP contribution in [0.4, 0.5) is 5.82 Å². The summed E-state index contributed by atoms with van der Waals surface area (Å²) in [5.74, 6) is 6.43. The van der Waals surface area contributed by atoms with Gasteiger partial charge in [0.15, 0.2) is 0 Å². The summed E-state index contributed by atoms with van der Waals surface area (Å²) in [6.07, 6.45) is 2.61. The summed E-state index contributed by atoms with van der Waals surface area (Å²) in [6.45, 7) is 1.83. The standard InChI is InChI=1S/C8H14N4O2S2/c1-6-7(12-9)10-5-11-8(6)15-3-4-16(2,13)14/h5H,3-4,9H2,1-2H3,(H,10,11,12). The molecule has 1 heterocycles. The van der Waals surface area contributed by atoms with E-state index < -0.39 is 9.84 Å². The number of nitrogens with one attached hydrogen (secondary N) is 1. The first-order valence-electron chi connectivity index (χ1n) is 4.53. The van der Waals surface area contributed by atoms with Gasteiger partial charge in [0.05, 0.1) is 5.75 Å². The highest BCUT2D eigenvalue weighted by Gasteiger charge is 2.08. The second-order valence-corrected chi connectivity index (χ2v) is 6.62. The van der Waals surface area contributed by atoms with Crippen molar-refractivity contribution in [1.82, 2.24) is 9.97 Å². The van der Waals surface area contributed by atoms with Crippen LogP contribution in [0.5, 0.6) is 0 Å². The normalized spacial score (nSPS) is 11.4. The van der Waals surface area contributed by atoms with Crippen molar-refractivity contribution in [2.75, 3.05) is 23.2 Å². The van der Waals surface area contributed by atoms with Crippen molar-refractivity contribution in [2.45, 2.75) is 11.9 Å². The number of sulfone groups is 1. The summed E-state index contributed by atoms with van der Waals surface area (Å²) < 4.78 is 21.9. The van der Waals surface area contributed by atoms with Gasteiger partial charge in [0.2, 0.25) is 0 Å². The zero-order valence-electron chi connectivity index (χ0n) is 9.10. The molecular weight excluding hydrogens is 248 g/mol. The fraction of sp³-hybridized carbons (Fsp3) is 0.500. The van der Waals surface area contributed by atoms with Gasteiger partial charge in [-0.05, 0) is 6.92 Å². The monoisotopic (exact) mass is 262 g/mol. The predicted octanol–water partition coefficient (Wildman–Crippen LogP) is 0.207. The number of nitrogens with zero attached hydrogens (tertiary/aromatic N) is 2. The van der Waals surface area contributed by atoms with E-state index in [4.69, 9.17) is 5.84 Å². The van der Waals surface area contributed by atoms with Gasteiger partial charge in [0, 0.05) is 17.6 Å². The Kier molecular flexibility index (Phi) is 4.51. The van der Waals surface area contributed by atoms with Gasteiger partial charge in [-0.15, -0.1) is 11.8 Å². The van der Waals surface area contributed by atoms with E-state index in [9.17, 15) is 8.42 Å². The number of nitrogen functional groups attached to an aromatic ring is 1. The molecule has 0 saturated heterocycles. The molecular formula is C8H14N4O2S2. The van der Waals surface area contributed by atoms with Crippen molar-refractivity contribution < 1.29 is 8.42 Å². The molecule has 16 heavy (non-hydrogen) atoms. The Morgan fingerprint density at radius 1 is 1.50 bits per heavy atom. The van der Waals surface area contributed by atoms with Crippen molar-refractivity contribution in [1.29, 1.82) is 0 Å². The number of hydrogen-bond acceptors (Lipinski definition) is 7. The van der Waals surface area contributed by atoms with Crippen molar-refractivity contribution in [3.05, 3.63) is 11.9 Å². The van der Waals surface area contributed by atoms with Gasteiger partial charge >= 0.3 is 0 Å². The molecule has 0 aliphatic rings. The molecule has 8 heteroatoms. The molecule has 0 aromatic carbocycles. The van der Waals surface area contributed by atoms with Crippen molar-refractivity contribution in [2.24, 2.45) is 5.84 Å². The molecule has 0 radical (unpaired) electrons. The van der Waals surface area contributed by atoms with Gasteiger partial charge in [0.25, 0.3) is 0 Å². The summed E-state index contributed by atoms with van der Waals surface area (Å²) in [6, 6.07) is 0. The molecule has 0 spiro atoms. The molecule has 0 fully saturated rings. The number of rotatable bonds is 5. The Morgan fingerprint density at radius 2 is 2.19 bits per heavy atom. The second kappa shape index (κ2) is 5.46. The SMILES string of the molecule is Cc1c(NN)ncnc1SCCS(C)(=O)=O. The molecule has 3 N–H and O–H groups in total. The van der Waals surface area contributed by atoms with Gasteiger partial charge in [0.1, 0.15) is 27.0 Å². The third-order valence-electron chi connectivity index (χ3n) is 1.87. The number of aromatic nitrogens is 2. The van der Waals surface area contributed by atoms with E-state index in [2.05, 4.69) is 15.4 Å². The van der Waals surface area contributed by atoms with E-state index in [1.54, 1.807) is 0 Å². The molecule has 1 rings (SSSR count). The topological polar surface area (TPSA) is 98.0 Å². The Balaban J connectivity index is 2.68. The minimum atomic E-state index is -2.93. The second-order valence-electron chi connectivity index (χ2n) is 3.28. The van der Waals surface area contributed by atoms with E-state index in [1.165, 1.54) is 24.3 Å². The van der Waals surface area contributed by atoms with Crippen molar-refractivity contribution >= 4 is 27.4 Å². The van der Waals surface area contributed by atoms with Crippen LogP contribution in [0.2, 0.25) is 0 Å². The third kappa shape index (κ3) is 3.95. The van der Waals surface area contributed by atoms with Crippen LogP contribution in [0.3, 0.4) is 0 Å². The van der Waals surface area contributed by atoms with E-state index in [0.717, 1.165) is 10.6 Å². The first-order valence-corrected chi connectivity index (χ1v) is 7.57. The fourth-order valence-corrected chi connectivity index (χ4v) is 3.19. The summed E-state index contributed by atoms with van der Waals surface area (Å²) in [7, 11) is -2.93. The Labute approximate surface area is 98.9 Å². The molecule has 1 aromatic heterocycles. The zero-order valence-corrected chi connectivity index (χ0v) is 10.7. The summed E-state index contributed by atoms with van der Waals surface area (Å²) in [5.41, 5.74) is 3.28. The third-order valence-corrected chi connectivity index (χ3v) is 4.16. The molecule has 0 aliphatic heterocycles. The van der Waals surface area contributed by atoms with E-state index in [0.29, 0.717) is 11.6 Å². The molecule has 6 nitrogen and oxygen atoms in total. The van der Waals surface area contributed by atoms with Crippen LogP contribution in [-0.4, -0.2) is 36.1 Å². The lowest BCUT2D eigenvalue weighted by Crippen LogP contribution is -2.11. The molecule has 0 bridgehead atoms. The average Bonchev–Trinajstić information content (AvgIpc) is 2.19. The van der Waals surface area contributed by atoms with Gasteiger partial charge < -0.3 is 5.43 Å². The average molecular weight is 262 g/mol. The quantitative estimate of drug-likeness (QED) is 0.339. The van der Waals surface area contributed by atoms with Gasteiger partial charge in [-0.1, -0.05) is 0 Å². The minimum absolute atomic E-state index is 0.131. The highest BCUT2D eigenvalue weighted by atomic mass is 32.2. The maximum absolute atomic E-state index is 11.0.